The van der Waals surface area contributed by atoms with E-state index in [0.717, 1.165) is 12.1 Å². The van der Waals surface area contributed by atoms with Crippen molar-refractivity contribution < 1.29 is 18.3 Å². The van der Waals surface area contributed by atoms with Gasteiger partial charge in [-0.05, 0) is 13.0 Å². The molecule has 0 heterocycles. The van der Waals surface area contributed by atoms with E-state index < -0.39 is 17.5 Å². The van der Waals surface area contributed by atoms with Crippen molar-refractivity contribution in [3.05, 3.63) is 29.3 Å². The van der Waals surface area contributed by atoms with Crippen LogP contribution in [0.2, 0.25) is 0 Å². The van der Waals surface area contributed by atoms with E-state index >= 15 is 0 Å². The summed E-state index contributed by atoms with van der Waals surface area (Å²) < 4.78 is 30.7. The summed E-state index contributed by atoms with van der Waals surface area (Å²) in [5.41, 5.74) is 5.24. The average Bonchev–Trinajstić information content (AvgIpc) is 2.30. The van der Waals surface area contributed by atoms with E-state index in [-0.39, 0.29) is 23.9 Å². The first-order valence-electron chi connectivity index (χ1n) is 5.01. The normalized spacial score (nSPS) is 12.2. The predicted octanol–water partition coefficient (Wildman–Crippen LogP) is 1.31. The molecule has 0 saturated carbocycles. The van der Waals surface area contributed by atoms with Crippen LogP contribution in [0.15, 0.2) is 12.1 Å². The molecule has 1 unspecified atom stereocenters. The molecule has 0 bridgehead atoms. The van der Waals surface area contributed by atoms with Gasteiger partial charge in [-0.1, -0.05) is 0 Å². The third-order valence-corrected chi connectivity index (χ3v) is 2.29. The van der Waals surface area contributed by atoms with Crippen molar-refractivity contribution in [1.29, 1.82) is 0 Å². The highest BCUT2D eigenvalue weighted by atomic mass is 19.2. The third kappa shape index (κ3) is 3.39. The Labute approximate surface area is 97.8 Å². The van der Waals surface area contributed by atoms with Crippen LogP contribution in [0, 0.1) is 11.6 Å². The molecule has 0 aromatic heterocycles. The Morgan fingerprint density at radius 3 is 2.65 bits per heavy atom. The maximum Gasteiger partial charge on any atom is 0.253 e. The smallest absolute Gasteiger partial charge is 0.253 e. The minimum absolute atomic E-state index is 0.0906. The number of ether oxygens (including phenoxy) is 1. The van der Waals surface area contributed by atoms with E-state index in [1.54, 1.807) is 6.92 Å². The summed E-state index contributed by atoms with van der Waals surface area (Å²) in [4.78, 5) is 11.6. The van der Waals surface area contributed by atoms with Crippen molar-refractivity contribution >= 4 is 11.6 Å². The number of methoxy groups -OCH3 is 1. The molecule has 0 aliphatic heterocycles. The summed E-state index contributed by atoms with van der Waals surface area (Å²) in [5, 5.41) is 2.50. The standard InChI is InChI=1S/C11H14F2N2O2/c1-6(17-2)5-15-11(16)7-3-8(12)9(13)4-10(7)14/h3-4,6H,5,14H2,1-2H3,(H,15,16). The molecule has 1 rings (SSSR count). The molecule has 1 aromatic rings. The van der Waals surface area contributed by atoms with Gasteiger partial charge in [0.05, 0.1) is 11.7 Å². The average molecular weight is 244 g/mol. The van der Waals surface area contributed by atoms with Crippen LogP contribution < -0.4 is 11.1 Å². The highest BCUT2D eigenvalue weighted by Gasteiger charge is 2.14. The fourth-order valence-electron chi connectivity index (χ4n) is 1.17. The minimum atomic E-state index is -1.11. The molecule has 1 atom stereocenters. The van der Waals surface area contributed by atoms with Gasteiger partial charge in [-0.2, -0.15) is 0 Å². The lowest BCUT2D eigenvalue weighted by molar-refractivity contribution is 0.0871. The zero-order valence-corrected chi connectivity index (χ0v) is 9.59. The largest absolute Gasteiger partial charge is 0.398 e. The third-order valence-electron chi connectivity index (χ3n) is 2.29. The van der Waals surface area contributed by atoms with Crippen LogP contribution in [-0.2, 0) is 4.74 Å². The Morgan fingerprint density at radius 1 is 1.47 bits per heavy atom. The van der Waals surface area contributed by atoms with Gasteiger partial charge < -0.3 is 15.8 Å². The molecule has 3 N–H and O–H groups in total. The van der Waals surface area contributed by atoms with Gasteiger partial charge in [0.2, 0.25) is 0 Å². The number of nitrogens with one attached hydrogen (secondary N) is 1. The number of hydrogen-bond donors (Lipinski definition) is 2. The van der Waals surface area contributed by atoms with Crippen LogP contribution in [-0.4, -0.2) is 25.7 Å². The number of hydrogen-bond acceptors (Lipinski definition) is 3. The minimum Gasteiger partial charge on any atom is -0.398 e. The molecular formula is C11H14F2N2O2. The van der Waals surface area contributed by atoms with Crippen molar-refractivity contribution in [2.75, 3.05) is 19.4 Å². The zero-order valence-electron chi connectivity index (χ0n) is 9.59. The maximum atomic E-state index is 12.9. The number of nitrogen functional groups attached to an aromatic ring is 1. The van der Waals surface area contributed by atoms with E-state index in [0.29, 0.717) is 0 Å². The van der Waals surface area contributed by atoms with E-state index in [1.807, 2.05) is 0 Å². The zero-order chi connectivity index (χ0) is 13.0. The highest BCUT2D eigenvalue weighted by molar-refractivity contribution is 5.99. The van der Waals surface area contributed by atoms with Gasteiger partial charge in [-0.25, -0.2) is 8.78 Å². The molecule has 1 aromatic carbocycles. The van der Waals surface area contributed by atoms with E-state index in [2.05, 4.69) is 5.32 Å². The predicted molar refractivity (Wildman–Crippen MR) is 59.6 cm³/mol. The fraction of sp³-hybridized carbons (Fsp3) is 0.364. The number of rotatable bonds is 4. The summed E-state index contributed by atoms with van der Waals surface area (Å²) in [7, 11) is 1.50. The maximum absolute atomic E-state index is 12.9. The molecule has 0 saturated heterocycles. The molecule has 0 spiro atoms. The molecule has 0 aliphatic carbocycles. The van der Waals surface area contributed by atoms with Gasteiger partial charge in [0, 0.05) is 25.4 Å². The first kappa shape index (κ1) is 13.4. The van der Waals surface area contributed by atoms with Crippen molar-refractivity contribution in [2.24, 2.45) is 0 Å². The van der Waals surface area contributed by atoms with Crippen LogP contribution in [0.4, 0.5) is 14.5 Å². The van der Waals surface area contributed by atoms with Crippen molar-refractivity contribution in [1.82, 2.24) is 5.32 Å². The molecule has 0 aliphatic rings. The fourth-order valence-corrected chi connectivity index (χ4v) is 1.17. The Balaban J connectivity index is 2.79. The van der Waals surface area contributed by atoms with Crippen LogP contribution in [0.25, 0.3) is 0 Å². The number of carbonyl (C=O) groups is 1. The van der Waals surface area contributed by atoms with Crippen LogP contribution in [0.3, 0.4) is 0 Å². The van der Waals surface area contributed by atoms with Gasteiger partial charge in [0.25, 0.3) is 5.91 Å². The second-order valence-corrected chi connectivity index (χ2v) is 3.61. The van der Waals surface area contributed by atoms with Crippen molar-refractivity contribution in [2.45, 2.75) is 13.0 Å². The molecule has 1 amide bonds. The Bertz CT molecular complexity index is 424. The molecule has 94 valence electrons. The number of nitrogens with two attached hydrogens (primary N) is 1. The van der Waals surface area contributed by atoms with Gasteiger partial charge in [0.15, 0.2) is 11.6 Å². The van der Waals surface area contributed by atoms with Gasteiger partial charge in [0.1, 0.15) is 0 Å². The van der Waals surface area contributed by atoms with Crippen LogP contribution in [0.5, 0.6) is 0 Å². The highest BCUT2D eigenvalue weighted by Crippen LogP contribution is 2.16. The molecule has 4 nitrogen and oxygen atoms in total. The molecule has 0 fully saturated rings. The molecule has 17 heavy (non-hydrogen) atoms. The summed E-state index contributed by atoms with van der Waals surface area (Å²) in [6, 6.07) is 1.56. The van der Waals surface area contributed by atoms with Crippen LogP contribution >= 0.6 is 0 Å². The lowest BCUT2D eigenvalue weighted by Gasteiger charge is -2.12. The molecule has 0 radical (unpaired) electrons. The quantitative estimate of drug-likeness (QED) is 0.785. The second kappa shape index (κ2) is 5.58. The first-order valence-corrected chi connectivity index (χ1v) is 5.01. The van der Waals surface area contributed by atoms with Crippen LogP contribution in [0.1, 0.15) is 17.3 Å². The number of benzene rings is 1. The monoisotopic (exact) mass is 244 g/mol. The summed E-state index contributed by atoms with van der Waals surface area (Å²) >= 11 is 0. The topological polar surface area (TPSA) is 64.3 Å². The molecule has 6 heteroatoms. The lowest BCUT2D eigenvalue weighted by Crippen LogP contribution is -2.32. The molecular weight excluding hydrogens is 230 g/mol. The Kier molecular flexibility index (Phi) is 4.39. The number of amides is 1. The summed E-state index contributed by atoms with van der Waals surface area (Å²) in [5.74, 6) is -2.75. The number of carbonyl (C=O) groups excluding carboxylic acids is 1. The second-order valence-electron chi connectivity index (χ2n) is 3.61. The summed E-state index contributed by atoms with van der Waals surface area (Å²) in [6.45, 7) is 2.02. The van der Waals surface area contributed by atoms with Crippen molar-refractivity contribution in [3.63, 3.8) is 0 Å². The lowest BCUT2D eigenvalue weighted by atomic mass is 10.1. The van der Waals surface area contributed by atoms with E-state index in [1.165, 1.54) is 7.11 Å². The Morgan fingerprint density at radius 2 is 2.06 bits per heavy atom. The Hall–Kier alpha value is -1.69. The van der Waals surface area contributed by atoms with E-state index in [9.17, 15) is 13.6 Å². The number of anilines is 1. The number of halogens is 2. The van der Waals surface area contributed by atoms with E-state index in [4.69, 9.17) is 10.5 Å². The van der Waals surface area contributed by atoms with Crippen molar-refractivity contribution in [3.8, 4) is 0 Å². The summed E-state index contributed by atoms with van der Waals surface area (Å²) in [6.07, 6.45) is -0.175. The van der Waals surface area contributed by atoms with Gasteiger partial charge in [-0.3, -0.25) is 4.79 Å². The van der Waals surface area contributed by atoms with Gasteiger partial charge >= 0.3 is 0 Å². The first-order chi connectivity index (χ1) is 7.95. The SMILES string of the molecule is COC(C)CNC(=O)c1cc(F)c(F)cc1N. The van der Waals surface area contributed by atoms with Gasteiger partial charge in [-0.15, -0.1) is 0 Å².